The number of nitrogens with one attached hydrogen (secondary N) is 2. The molecular weight excluding hydrogens is 614 g/mol. The summed E-state index contributed by atoms with van der Waals surface area (Å²) in [5.74, 6) is -1.42. The Labute approximate surface area is 284 Å². The van der Waals surface area contributed by atoms with Crippen molar-refractivity contribution in [2.24, 2.45) is 11.8 Å². The van der Waals surface area contributed by atoms with E-state index in [1.807, 2.05) is 58.3 Å². The molecule has 3 amide bonds. The maximum Gasteiger partial charge on any atom is 0.331 e. The highest BCUT2D eigenvalue weighted by atomic mass is 32.1. The van der Waals surface area contributed by atoms with Gasteiger partial charge < -0.3 is 20.6 Å². The molecule has 3 N–H and O–H groups in total. The number of likely N-dealkylation sites (tertiary alicyclic amines) is 1. The van der Waals surface area contributed by atoms with E-state index in [1.54, 1.807) is 16.4 Å². The summed E-state index contributed by atoms with van der Waals surface area (Å²) in [6.07, 6.45) is 6.89. The third-order valence-electron chi connectivity index (χ3n) is 9.31. The molecule has 1 saturated heterocycles. The number of carbonyl (C=O) groups excluding carboxylic acids is 3. The number of carboxylic acid groups (broad SMARTS) is 1. The van der Waals surface area contributed by atoms with Crippen molar-refractivity contribution in [3.05, 3.63) is 63.6 Å². The molecule has 1 fully saturated rings. The van der Waals surface area contributed by atoms with Gasteiger partial charge in [0.1, 0.15) is 11.7 Å². The average Bonchev–Trinajstić information content (AvgIpc) is 3.52. The highest BCUT2D eigenvalue weighted by Gasteiger charge is 2.35. The molecule has 1 aromatic carbocycles. The fourth-order valence-electron chi connectivity index (χ4n) is 6.13. The molecule has 2 aromatic rings. The van der Waals surface area contributed by atoms with E-state index < -0.39 is 18.1 Å². The Kier molecular flexibility index (Phi) is 14.6. The van der Waals surface area contributed by atoms with Gasteiger partial charge in [0, 0.05) is 30.5 Å². The van der Waals surface area contributed by atoms with Crippen molar-refractivity contribution in [3.63, 3.8) is 0 Å². The lowest BCUT2D eigenvalue weighted by Crippen LogP contribution is -2.57. The Bertz CT molecular complexity index is 1380. The minimum atomic E-state index is -1.04. The van der Waals surface area contributed by atoms with Gasteiger partial charge in [0.25, 0.3) is 5.91 Å². The Morgan fingerprint density at radius 1 is 1.13 bits per heavy atom. The van der Waals surface area contributed by atoms with E-state index >= 15 is 0 Å². The molecule has 2 heterocycles. The van der Waals surface area contributed by atoms with Crippen LogP contribution in [0.2, 0.25) is 0 Å². The number of carbonyl (C=O) groups is 4. The van der Waals surface area contributed by atoms with Gasteiger partial charge in [-0.25, -0.2) is 9.78 Å². The van der Waals surface area contributed by atoms with E-state index in [0.29, 0.717) is 19.3 Å². The zero-order valence-electron chi connectivity index (χ0n) is 29.0. The van der Waals surface area contributed by atoms with E-state index in [9.17, 15) is 24.3 Å². The van der Waals surface area contributed by atoms with Gasteiger partial charge in [-0.3, -0.25) is 19.3 Å². The van der Waals surface area contributed by atoms with E-state index in [0.717, 1.165) is 42.8 Å². The first-order valence-electron chi connectivity index (χ1n) is 16.8. The summed E-state index contributed by atoms with van der Waals surface area (Å²) in [6.45, 7) is 10.6. The molecule has 0 aliphatic carbocycles. The van der Waals surface area contributed by atoms with Crippen molar-refractivity contribution in [1.82, 2.24) is 25.4 Å². The summed E-state index contributed by atoms with van der Waals surface area (Å²) < 4.78 is 0. The first kappa shape index (κ1) is 37.9. The van der Waals surface area contributed by atoms with Crippen LogP contribution in [0.15, 0.2) is 47.4 Å². The van der Waals surface area contributed by atoms with E-state index in [1.165, 1.54) is 18.3 Å². The van der Waals surface area contributed by atoms with Crippen molar-refractivity contribution >= 4 is 35.0 Å². The van der Waals surface area contributed by atoms with Gasteiger partial charge in [-0.2, -0.15) is 0 Å². The molecule has 1 unspecified atom stereocenters. The van der Waals surface area contributed by atoms with Crippen molar-refractivity contribution in [3.8, 4) is 0 Å². The molecule has 1 aliphatic rings. The molecule has 0 saturated carbocycles. The Hall–Kier alpha value is -3.57. The van der Waals surface area contributed by atoms with E-state index in [2.05, 4.69) is 34.4 Å². The number of hydrogen-bond acceptors (Lipinski definition) is 7. The SMILES string of the molecule is CCC(C)[C@H](NC(=O)[C@H]1CCCCN1C)C(=O)N(C)[C@H](CCc1nc(C(=O)N[C@H](C=C(C)C(=O)O)Cc2ccccc2)cs1)C(C)C. The topological polar surface area (TPSA) is 132 Å². The molecule has 0 bridgehead atoms. The fourth-order valence-corrected chi connectivity index (χ4v) is 6.93. The lowest BCUT2D eigenvalue weighted by Gasteiger charge is -2.37. The largest absolute Gasteiger partial charge is 0.478 e. The van der Waals surface area contributed by atoms with Gasteiger partial charge in [0.05, 0.1) is 17.1 Å². The van der Waals surface area contributed by atoms with Gasteiger partial charge in [-0.1, -0.05) is 76.9 Å². The lowest BCUT2D eigenvalue weighted by molar-refractivity contribution is -0.140. The molecule has 5 atom stereocenters. The number of amides is 3. The van der Waals surface area contributed by atoms with Crippen LogP contribution in [0, 0.1) is 11.8 Å². The van der Waals surface area contributed by atoms with Gasteiger partial charge in [0.15, 0.2) is 0 Å². The summed E-state index contributed by atoms with van der Waals surface area (Å²) in [4.78, 5) is 60.4. The first-order chi connectivity index (χ1) is 22.3. The Morgan fingerprint density at radius 2 is 1.83 bits per heavy atom. The van der Waals surface area contributed by atoms with Gasteiger partial charge in [0.2, 0.25) is 11.8 Å². The third kappa shape index (κ3) is 11.0. The van der Waals surface area contributed by atoms with Crippen LogP contribution in [0.25, 0.3) is 0 Å². The van der Waals surface area contributed by atoms with Gasteiger partial charge in [-0.05, 0) is 63.6 Å². The van der Waals surface area contributed by atoms with Crippen molar-refractivity contribution in [2.75, 3.05) is 20.6 Å². The van der Waals surface area contributed by atoms with Crippen LogP contribution in [0.3, 0.4) is 0 Å². The number of thiazole rings is 1. The summed E-state index contributed by atoms with van der Waals surface area (Å²) in [5.41, 5.74) is 1.41. The smallest absolute Gasteiger partial charge is 0.331 e. The molecule has 1 aromatic heterocycles. The second kappa shape index (κ2) is 18.1. The molecular formula is C36H53N5O5S. The number of piperidine rings is 1. The molecule has 11 heteroatoms. The fraction of sp³-hybridized carbons (Fsp3) is 0.583. The standard InChI is InChI=1S/C36H53N5O5S/c1-8-24(4)32(39-34(43)30-16-12-13-19-40(30)6)35(44)41(7)29(23(2)3)17-18-31-38-28(22-47-31)33(42)37-27(20-25(5)36(45)46)21-26-14-10-9-11-15-26/h9-11,14-15,20,22-24,27,29-30,32H,8,12-13,16-19,21H2,1-7H3,(H,37,42)(H,39,43)(H,45,46)/t24?,27-,29-,30-,32+/m1/s1. The third-order valence-corrected chi connectivity index (χ3v) is 10.2. The normalized spacial score (nSPS) is 18.2. The van der Waals surface area contributed by atoms with Crippen LogP contribution in [-0.2, 0) is 27.2 Å². The summed E-state index contributed by atoms with van der Waals surface area (Å²) >= 11 is 1.39. The number of hydrogen-bond donors (Lipinski definition) is 3. The monoisotopic (exact) mass is 667 g/mol. The Morgan fingerprint density at radius 3 is 2.45 bits per heavy atom. The minimum Gasteiger partial charge on any atom is -0.478 e. The number of aliphatic carboxylic acids is 1. The quantitative estimate of drug-likeness (QED) is 0.216. The van der Waals surface area contributed by atoms with Crippen LogP contribution in [-0.4, -0.2) is 88.4 Å². The van der Waals surface area contributed by atoms with Crippen LogP contribution in [0.1, 0.15) is 87.8 Å². The number of benzene rings is 1. The maximum atomic E-state index is 13.9. The number of rotatable bonds is 16. The number of likely N-dealkylation sites (N-methyl/N-ethyl adjacent to an activating group) is 2. The number of nitrogens with zero attached hydrogens (tertiary/aromatic N) is 3. The first-order valence-corrected chi connectivity index (χ1v) is 17.7. The van der Waals surface area contributed by atoms with Gasteiger partial charge in [-0.15, -0.1) is 11.3 Å². The van der Waals surface area contributed by atoms with E-state index in [-0.39, 0.29) is 52.9 Å². The van der Waals surface area contributed by atoms with Gasteiger partial charge >= 0.3 is 5.97 Å². The molecule has 0 spiro atoms. The van der Waals surface area contributed by atoms with E-state index in [4.69, 9.17) is 0 Å². The molecule has 1 aliphatic heterocycles. The second-order valence-electron chi connectivity index (χ2n) is 13.2. The number of aryl methyl sites for hydroxylation is 1. The van der Waals surface area contributed by atoms with Crippen molar-refractivity contribution in [2.45, 2.75) is 104 Å². The predicted octanol–water partition coefficient (Wildman–Crippen LogP) is 4.95. The Balaban J connectivity index is 1.67. The highest BCUT2D eigenvalue weighted by molar-refractivity contribution is 7.09. The summed E-state index contributed by atoms with van der Waals surface area (Å²) in [7, 11) is 3.79. The summed E-state index contributed by atoms with van der Waals surface area (Å²) in [6, 6.07) is 8.15. The molecule has 3 rings (SSSR count). The summed E-state index contributed by atoms with van der Waals surface area (Å²) in [5, 5.41) is 18.0. The number of carboxylic acids is 1. The average molecular weight is 668 g/mol. The molecule has 258 valence electrons. The maximum absolute atomic E-state index is 13.9. The van der Waals surface area contributed by atoms with Crippen LogP contribution < -0.4 is 10.6 Å². The zero-order chi connectivity index (χ0) is 34.7. The molecule has 10 nitrogen and oxygen atoms in total. The second-order valence-corrected chi connectivity index (χ2v) is 14.2. The van der Waals surface area contributed by atoms with Crippen LogP contribution in [0.5, 0.6) is 0 Å². The highest BCUT2D eigenvalue weighted by Crippen LogP contribution is 2.22. The lowest BCUT2D eigenvalue weighted by atomic mass is 9.93. The van der Waals surface area contributed by atoms with Crippen molar-refractivity contribution < 1.29 is 24.3 Å². The van der Waals surface area contributed by atoms with Crippen LogP contribution >= 0.6 is 11.3 Å². The predicted molar refractivity (Wildman–Crippen MR) is 186 cm³/mol. The van der Waals surface area contributed by atoms with Crippen molar-refractivity contribution in [1.29, 1.82) is 0 Å². The van der Waals surface area contributed by atoms with Crippen LogP contribution in [0.4, 0.5) is 0 Å². The molecule has 0 radical (unpaired) electrons. The minimum absolute atomic E-state index is 0.0181. The molecule has 47 heavy (non-hydrogen) atoms. The zero-order valence-corrected chi connectivity index (χ0v) is 29.8. The number of aromatic nitrogens is 1.